The Balaban J connectivity index is 1.67. The predicted octanol–water partition coefficient (Wildman–Crippen LogP) is 6.56. The maximum absolute atomic E-state index is 5.76. The molecule has 1 aromatic carbocycles. The first kappa shape index (κ1) is 23.1. The largest absolute Gasteiger partial charge is 0.381 e. The summed E-state index contributed by atoms with van der Waals surface area (Å²) in [6.45, 7) is 5.48. The van der Waals surface area contributed by atoms with Crippen LogP contribution in [0.25, 0.3) is 33.2 Å². The van der Waals surface area contributed by atoms with E-state index in [-0.39, 0.29) is 6.04 Å². The van der Waals surface area contributed by atoms with E-state index in [9.17, 15) is 0 Å². The first-order valence-corrected chi connectivity index (χ1v) is 13.5. The number of benzene rings is 1. The molecule has 1 N–H and O–H groups in total. The quantitative estimate of drug-likeness (QED) is 0.265. The number of aromatic nitrogens is 4. The number of anilines is 1. The fourth-order valence-corrected chi connectivity index (χ4v) is 5.89. The molecular formula is C28H29N5O2S. The first-order valence-electron chi connectivity index (χ1n) is 12.3. The molecule has 7 nitrogen and oxygen atoms in total. The minimum Gasteiger partial charge on any atom is -0.381 e. The molecule has 1 unspecified atom stereocenters. The molecule has 5 heterocycles. The van der Waals surface area contributed by atoms with E-state index in [0.717, 1.165) is 76.5 Å². The number of hydrogen-bond acceptors (Lipinski definition) is 7. The number of aryl methyl sites for hydroxylation is 2. The van der Waals surface area contributed by atoms with Crippen LogP contribution in [0.1, 0.15) is 35.9 Å². The SMILES string of the molecule is CSNc1ccc2c3ncc(-c4c(C)noc4C)cc3n(C(c3ccccc3)C3CCOCC3)c2n1. The Bertz CT molecular complexity index is 1500. The highest BCUT2D eigenvalue weighted by Gasteiger charge is 2.31. The predicted molar refractivity (Wildman–Crippen MR) is 145 cm³/mol. The lowest BCUT2D eigenvalue weighted by atomic mass is 9.86. The summed E-state index contributed by atoms with van der Waals surface area (Å²) in [4.78, 5) is 10.1. The first-order chi connectivity index (χ1) is 17.7. The molecule has 0 aliphatic carbocycles. The molecule has 0 spiro atoms. The minimum atomic E-state index is 0.105. The van der Waals surface area contributed by atoms with E-state index >= 15 is 0 Å². The number of nitrogens with zero attached hydrogens (tertiary/aromatic N) is 4. The van der Waals surface area contributed by atoms with Gasteiger partial charge in [0.05, 0.1) is 22.8 Å². The lowest BCUT2D eigenvalue weighted by molar-refractivity contribution is 0.0552. The van der Waals surface area contributed by atoms with Crippen LogP contribution in [0.5, 0.6) is 0 Å². The third kappa shape index (κ3) is 3.94. The fraction of sp³-hybridized carbons (Fsp3) is 0.321. The standard InChI is InChI=1S/C28H29N5O2S/c1-17-25(18(2)35-31-17)21-15-23-26(29-16-21)22-9-10-24(32-36-3)30-28(22)33(23)27(19-7-5-4-6-8-19)20-11-13-34-14-12-20/h4-10,15-16,20,27H,11-14H2,1-3H3,(H,30,32). The summed E-state index contributed by atoms with van der Waals surface area (Å²) >= 11 is 1.54. The summed E-state index contributed by atoms with van der Waals surface area (Å²) in [6, 6.07) is 17.3. The molecule has 1 fully saturated rings. The molecule has 0 saturated carbocycles. The van der Waals surface area contributed by atoms with Crippen LogP contribution in [0.3, 0.4) is 0 Å². The zero-order valence-electron chi connectivity index (χ0n) is 20.7. The zero-order valence-corrected chi connectivity index (χ0v) is 21.5. The molecule has 0 radical (unpaired) electrons. The van der Waals surface area contributed by atoms with Crippen LogP contribution in [0, 0.1) is 19.8 Å². The van der Waals surface area contributed by atoms with Crippen LogP contribution >= 0.6 is 11.9 Å². The highest BCUT2D eigenvalue weighted by Crippen LogP contribution is 2.41. The summed E-state index contributed by atoms with van der Waals surface area (Å²) < 4.78 is 17.0. The maximum atomic E-state index is 5.76. The van der Waals surface area contributed by atoms with Crippen molar-refractivity contribution in [1.82, 2.24) is 19.7 Å². The van der Waals surface area contributed by atoms with Gasteiger partial charge in [0.2, 0.25) is 0 Å². The Kier molecular flexibility index (Phi) is 6.15. The monoisotopic (exact) mass is 499 g/mol. The van der Waals surface area contributed by atoms with E-state index in [0.29, 0.717) is 5.92 Å². The molecule has 184 valence electrons. The van der Waals surface area contributed by atoms with Gasteiger partial charge in [-0.1, -0.05) is 47.4 Å². The number of hydrogen-bond donors (Lipinski definition) is 1. The van der Waals surface area contributed by atoms with Gasteiger partial charge >= 0.3 is 0 Å². The van der Waals surface area contributed by atoms with Crippen LogP contribution in [0.2, 0.25) is 0 Å². The van der Waals surface area contributed by atoms with Gasteiger partial charge in [-0.2, -0.15) is 0 Å². The van der Waals surface area contributed by atoms with Crippen LogP contribution in [-0.4, -0.2) is 39.2 Å². The second-order valence-electron chi connectivity index (χ2n) is 9.34. The molecule has 1 atom stereocenters. The third-order valence-corrected chi connectivity index (χ3v) is 7.56. The molecule has 4 aromatic heterocycles. The number of ether oxygens (including phenoxy) is 1. The molecule has 1 aliphatic heterocycles. The Morgan fingerprint density at radius 2 is 1.89 bits per heavy atom. The summed E-state index contributed by atoms with van der Waals surface area (Å²) in [5, 5.41) is 5.23. The normalized spacial score (nSPS) is 15.5. The lowest BCUT2D eigenvalue weighted by Gasteiger charge is -2.32. The Hall–Kier alpha value is -3.36. The van der Waals surface area contributed by atoms with Crippen molar-refractivity contribution in [2.24, 2.45) is 5.92 Å². The number of nitrogens with one attached hydrogen (secondary N) is 1. The Labute approximate surface area is 214 Å². The van der Waals surface area contributed by atoms with Crippen LogP contribution in [0.4, 0.5) is 5.82 Å². The molecule has 8 heteroatoms. The molecule has 36 heavy (non-hydrogen) atoms. The summed E-state index contributed by atoms with van der Waals surface area (Å²) in [7, 11) is 0. The third-order valence-electron chi connectivity index (χ3n) is 7.15. The smallest absolute Gasteiger partial charge is 0.145 e. The van der Waals surface area contributed by atoms with Gasteiger partial charge in [0.25, 0.3) is 0 Å². The van der Waals surface area contributed by atoms with Crippen LogP contribution in [-0.2, 0) is 4.74 Å². The average molecular weight is 500 g/mol. The molecule has 0 amide bonds. The average Bonchev–Trinajstić information content (AvgIpc) is 3.41. The van der Waals surface area contributed by atoms with Crippen molar-refractivity contribution in [3.63, 3.8) is 0 Å². The minimum absolute atomic E-state index is 0.105. The highest BCUT2D eigenvalue weighted by molar-refractivity contribution is 7.99. The van der Waals surface area contributed by atoms with E-state index in [4.69, 9.17) is 19.2 Å². The van der Waals surface area contributed by atoms with Crippen molar-refractivity contribution in [3.8, 4) is 11.1 Å². The van der Waals surface area contributed by atoms with Crippen molar-refractivity contribution in [3.05, 3.63) is 71.7 Å². The molecule has 6 rings (SSSR count). The van der Waals surface area contributed by atoms with E-state index in [1.165, 1.54) is 5.56 Å². The van der Waals surface area contributed by atoms with Gasteiger partial charge in [-0.15, -0.1) is 0 Å². The highest BCUT2D eigenvalue weighted by atomic mass is 32.2. The molecule has 1 saturated heterocycles. The summed E-state index contributed by atoms with van der Waals surface area (Å²) in [6.07, 6.45) is 5.94. The van der Waals surface area contributed by atoms with Gasteiger partial charge in [0.1, 0.15) is 17.2 Å². The fourth-order valence-electron chi connectivity index (χ4n) is 5.56. The van der Waals surface area contributed by atoms with E-state index in [2.05, 4.69) is 56.9 Å². The number of pyridine rings is 2. The van der Waals surface area contributed by atoms with Crippen molar-refractivity contribution < 1.29 is 9.26 Å². The van der Waals surface area contributed by atoms with Crippen LogP contribution < -0.4 is 4.72 Å². The number of fused-ring (bicyclic) bond motifs is 3. The second-order valence-corrected chi connectivity index (χ2v) is 9.95. The van der Waals surface area contributed by atoms with Gasteiger partial charge in [0, 0.05) is 42.2 Å². The second kappa shape index (κ2) is 9.59. The van der Waals surface area contributed by atoms with Gasteiger partial charge < -0.3 is 18.5 Å². The summed E-state index contributed by atoms with van der Waals surface area (Å²) in [5.74, 6) is 2.05. The van der Waals surface area contributed by atoms with Crippen molar-refractivity contribution in [2.45, 2.75) is 32.7 Å². The Morgan fingerprint density at radius 3 is 2.61 bits per heavy atom. The molecule has 5 aromatic rings. The van der Waals surface area contributed by atoms with Crippen LogP contribution in [0.15, 0.2) is 59.3 Å². The van der Waals surface area contributed by atoms with Crippen molar-refractivity contribution in [2.75, 3.05) is 24.2 Å². The summed E-state index contributed by atoms with van der Waals surface area (Å²) in [5.41, 5.74) is 7.10. The molecular weight excluding hydrogens is 470 g/mol. The van der Waals surface area contributed by atoms with E-state index in [1.54, 1.807) is 11.9 Å². The lowest BCUT2D eigenvalue weighted by Crippen LogP contribution is -2.27. The van der Waals surface area contributed by atoms with Gasteiger partial charge in [0.15, 0.2) is 0 Å². The van der Waals surface area contributed by atoms with Gasteiger partial charge in [-0.25, -0.2) is 4.98 Å². The van der Waals surface area contributed by atoms with E-state index in [1.807, 2.05) is 32.4 Å². The maximum Gasteiger partial charge on any atom is 0.145 e. The van der Waals surface area contributed by atoms with Crippen molar-refractivity contribution in [1.29, 1.82) is 0 Å². The van der Waals surface area contributed by atoms with Crippen molar-refractivity contribution >= 4 is 39.8 Å². The van der Waals surface area contributed by atoms with E-state index < -0.39 is 0 Å². The van der Waals surface area contributed by atoms with Gasteiger partial charge in [-0.05, 0) is 56.4 Å². The molecule has 1 aliphatic rings. The Morgan fingerprint density at radius 1 is 1.08 bits per heavy atom. The zero-order chi connectivity index (χ0) is 24.6. The molecule has 0 bridgehead atoms. The number of rotatable bonds is 6. The topological polar surface area (TPSA) is 78.0 Å². The van der Waals surface area contributed by atoms with Gasteiger partial charge in [-0.3, -0.25) is 4.98 Å².